The van der Waals surface area contributed by atoms with Crippen molar-refractivity contribution in [1.82, 2.24) is 14.9 Å². The van der Waals surface area contributed by atoms with Gasteiger partial charge in [0, 0.05) is 51.0 Å². The molecule has 0 N–H and O–H groups in total. The van der Waals surface area contributed by atoms with Crippen LogP contribution in [0.1, 0.15) is 46.7 Å². The van der Waals surface area contributed by atoms with Gasteiger partial charge in [0.05, 0.1) is 0 Å². The Morgan fingerprint density at radius 2 is 1.59 bits per heavy atom. The fourth-order valence-corrected chi connectivity index (χ4v) is 4.34. The molecule has 2 aromatic rings. The number of piperazine rings is 1. The lowest BCUT2D eigenvalue weighted by Crippen LogP contribution is -2.49. The van der Waals surface area contributed by atoms with Crippen molar-refractivity contribution in [2.45, 2.75) is 40.0 Å². The first-order valence-corrected chi connectivity index (χ1v) is 10.7. The van der Waals surface area contributed by atoms with E-state index in [9.17, 15) is 4.79 Å². The zero-order chi connectivity index (χ0) is 20.4. The second-order valence-electron chi connectivity index (χ2n) is 8.20. The van der Waals surface area contributed by atoms with E-state index in [2.05, 4.69) is 51.8 Å². The van der Waals surface area contributed by atoms with Gasteiger partial charge in [0.2, 0.25) is 0 Å². The van der Waals surface area contributed by atoms with E-state index in [0.717, 1.165) is 32.0 Å². The third kappa shape index (κ3) is 4.21. The maximum atomic E-state index is 13.1. The highest BCUT2D eigenvalue weighted by Gasteiger charge is 2.25. The molecule has 154 valence electrons. The van der Waals surface area contributed by atoms with Crippen molar-refractivity contribution in [2.75, 3.05) is 49.1 Å². The number of anilines is 2. The van der Waals surface area contributed by atoms with Crippen LogP contribution in [0.2, 0.25) is 0 Å². The lowest BCUT2D eigenvalue weighted by Gasteiger charge is -2.37. The molecular formula is C23H31N5O. The molecule has 3 heterocycles. The number of aryl methyl sites for hydroxylation is 2. The Morgan fingerprint density at radius 1 is 0.862 bits per heavy atom. The molecule has 0 saturated carbocycles. The van der Waals surface area contributed by atoms with Crippen molar-refractivity contribution in [1.29, 1.82) is 0 Å². The number of carbonyl (C=O) groups excluding carboxylic acids is 1. The molecule has 2 aliphatic rings. The van der Waals surface area contributed by atoms with Crippen molar-refractivity contribution in [3.63, 3.8) is 0 Å². The summed E-state index contributed by atoms with van der Waals surface area (Å²) in [6.07, 6.45) is 3.65. The predicted octanol–water partition coefficient (Wildman–Crippen LogP) is 3.35. The Morgan fingerprint density at radius 3 is 2.31 bits per heavy atom. The first-order valence-electron chi connectivity index (χ1n) is 10.7. The average molecular weight is 394 g/mol. The van der Waals surface area contributed by atoms with Crippen LogP contribution in [0.3, 0.4) is 0 Å². The van der Waals surface area contributed by atoms with Crippen molar-refractivity contribution in [2.24, 2.45) is 0 Å². The molecule has 1 aromatic carbocycles. The minimum absolute atomic E-state index is 0.0226. The van der Waals surface area contributed by atoms with Gasteiger partial charge in [-0.25, -0.2) is 9.97 Å². The minimum Gasteiger partial charge on any atom is -0.368 e. The van der Waals surface area contributed by atoms with Gasteiger partial charge in [-0.05, 0) is 57.2 Å². The molecule has 2 saturated heterocycles. The molecule has 0 atom stereocenters. The van der Waals surface area contributed by atoms with Gasteiger partial charge in [-0.2, -0.15) is 0 Å². The lowest BCUT2D eigenvalue weighted by molar-refractivity contribution is 0.0740. The first kappa shape index (κ1) is 19.7. The van der Waals surface area contributed by atoms with Crippen LogP contribution in [0.15, 0.2) is 24.3 Å². The average Bonchev–Trinajstić information content (AvgIpc) is 2.75. The third-order valence-corrected chi connectivity index (χ3v) is 6.21. The van der Waals surface area contributed by atoms with Gasteiger partial charge < -0.3 is 14.7 Å². The summed E-state index contributed by atoms with van der Waals surface area (Å²) in [6.45, 7) is 11.4. The summed E-state index contributed by atoms with van der Waals surface area (Å²) in [5, 5.41) is 0. The second-order valence-corrected chi connectivity index (χ2v) is 8.20. The normalized spacial score (nSPS) is 17.6. The molecule has 0 unspecified atom stereocenters. The fraction of sp³-hybridized carbons (Fsp3) is 0.522. The molecule has 2 fully saturated rings. The molecule has 0 spiro atoms. The van der Waals surface area contributed by atoms with E-state index >= 15 is 0 Å². The van der Waals surface area contributed by atoms with Crippen LogP contribution in [0.25, 0.3) is 0 Å². The van der Waals surface area contributed by atoms with E-state index in [1.807, 2.05) is 17.9 Å². The zero-order valence-electron chi connectivity index (χ0n) is 17.8. The van der Waals surface area contributed by atoms with Crippen LogP contribution in [0.4, 0.5) is 11.5 Å². The number of rotatable bonds is 3. The first-order chi connectivity index (χ1) is 14.0. The molecule has 29 heavy (non-hydrogen) atoms. The van der Waals surface area contributed by atoms with Gasteiger partial charge in [0.25, 0.3) is 5.91 Å². The van der Waals surface area contributed by atoms with Gasteiger partial charge in [-0.3, -0.25) is 4.79 Å². The largest absolute Gasteiger partial charge is 0.368 e. The highest BCUT2D eigenvalue weighted by atomic mass is 16.2. The van der Waals surface area contributed by atoms with Gasteiger partial charge in [-0.1, -0.05) is 12.1 Å². The molecule has 2 aliphatic heterocycles. The van der Waals surface area contributed by atoms with Crippen molar-refractivity contribution < 1.29 is 4.79 Å². The third-order valence-electron chi connectivity index (χ3n) is 6.21. The topological polar surface area (TPSA) is 52.6 Å². The number of benzene rings is 1. The minimum atomic E-state index is 0.0226. The van der Waals surface area contributed by atoms with Gasteiger partial charge >= 0.3 is 0 Å². The predicted molar refractivity (Wildman–Crippen MR) is 117 cm³/mol. The summed E-state index contributed by atoms with van der Waals surface area (Å²) < 4.78 is 0. The SMILES string of the molecule is Cc1nc(C(=O)N2CCN(c3cccc(C)c3C)CC2)cc(N2CCCCC2)n1. The van der Waals surface area contributed by atoms with E-state index in [1.165, 1.54) is 36.1 Å². The van der Waals surface area contributed by atoms with Crippen molar-refractivity contribution in [3.8, 4) is 0 Å². The summed E-state index contributed by atoms with van der Waals surface area (Å²) in [4.78, 5) is 28.8. The molecular weight excluding hydrogens is 362 g/mol. The number of nitrogens with zero attached hydrogens (tertiary/aromatic N) is 5. The number of amides is 1. The molecule has 0 aliphatic carbocycles. The van der Waals surface area contributed by atoms with Gasteiger partial charge in [-0.15, -0.1) is 0 Å². The van der Waals surface area contributed by atoms with Crippen LogP contribution in [0.5, 0.6) is 0 Å². The van der Waals surface area contributed by atoms with E-state index in [-0.39, 0.29) is 5.91 Å². The fourth-order valence-electron chi connectivity index (χ4n) is 4.34. The van der Waals surface area contributed by atoms with E-state index < -0.39 is 0 Å². The quantitative estimate of drug-likeness (QED) is 0.800. The van der Waals surface area contributed by atoms with Crippen LogP contribution < -0.4 is 9.80 Å². The molecule has 4 rings (SSSR count). The monoisotopic (exact) mass is 393 g/mol. The van der Waals surface area contributed by atoms with E-state index in [4.69, 9.17) is 0 Å². The Bertz CT molecular complexity index is 883. The van der Waals surface area contributed by atoms with Gasteiger partial charge in [0.15, 0.2) is 0 Å². The smallest absolute Gasteiger partial charge is 0.272 e. The van der Waals surface area contributed by atoms with Crippen LogP contribution in [-0.2, 0) is 0 Å². The number of hydrogen-bond donors (Lipinski definition) is 0. The highest BCUT2D eigenvalue weighted by molar-refractivity contribution is 5.93. The number of aromatic nitrogens is 2. The summed E-state index contributed by atoms with van der Waals surface area (Å²) in [6, 6.07) is 8.33. The number of hydrogen-bond acceptors (Lipinski definition) is 5. The molecule has 1 amide bonds. The Labute approximate surface area is 173 Å². The Balaban J connectivity index is 1.45. The highest BCUT2D eigenvalue weighted by Crippen LogP contribution is 2.24. The number of carbonyl (C=O) groups is 1. The molecule has 1 aromatic heterocycles. The van der Waals surface area contributed by atoms with Crippen molar-refractivity contribution >= 4 is 17.4 Å². The number of piperidine rings is 1. The van der Waals surface area contributed by atoms with Gasteiger partial charge in [0.1, 0.15) is 17.3 Å². The zero-order valence-corrected chi connectivity index (χ0v) is 17.8. The van der Waals surface area contributed by atoms with E-state index in [1.54, 1.807) is 0 Å². The van der Waals surface area contributed by atoms with E-state index in [0.29, 0.717) is 24.6 Å². The molecule has 0 radical (unpaired) electrons. The summed E-state index contributed by atoms with van der Waals surface area (Å²) in [7, 11) is 0. The summed E-state index contributed by atoms with van der Waals surface area (Å²) in [5.74, 6) is 1.59. The van der Waals surface area contributed by atoms with Crippen LogP contribution >= 0.6 is 0 Å². The van der Waals surface area contributed by atoms with Crippen LogP contribution in [-0.4, -0.2) is 60.0 Å². The standard InChI is InChI=1S/C23H31N5O/c1-17-8-7-9-21(18(17)2)26-12-14-28(15-13-26)23(29)20-16-22(25-19(3)24-20)27-10-5-4-6-11-27/h7-9,16H,4-6,10-15H2,1-3H3. The lowest BCUT2D eigenvalue weighted by atomic mass is 10.1. The van der Waals surface area contributed by atoms with Crippen molar-refractivity contribution in [3.05, 3.63) is 46.9 Å². The Kier molecular flexibility index (Phi) is 5.69. The maximum absolute atomic E-state index is 13.1. The Hall–Kier alpha value is -2.63. The molecule has 6 heteroatoms. The second kappa shape index (κ2) is 8.39. The maximum Gasteiger partial charge on any atom is 0.272 e. The summed E-state index contributed by atoms with van der Waals surface area (Å²) in [5.41, 5.74) is 4.44. The molecule has 0 bridgehead atoms. The molecule has 6 nitrogen and oxygen atoms in total. The van der Waals surface area contributed by atoms with Crippen LogP contribution in [0, 0.1) is 20.8 Å². The summed E-state index contributed by atoms with van der Waals surface area (Å²) >= 11 is 0.